The Bertz CT molecular complexity index is 387. The van der Waals surface area contributed by atoms with Gasteiger partial charge in [-0.25, -0.2) is 0 Å². The molecule has 0 aromatic rings. The van der Waals surface area contributed by atoms with Gasteiger partial charge in [0.1, 0.15) is 0 Å². The average Bonchev–Trinajstić information content (AvgIpc) is 2.10. The van der Waals surface area contributed by atoms with Crippen molar-refractivity contribution in [2.75, 3.05) is 0 Å². The van der Waals surface area contributed by atoms with Crippen LogP contribution >= 0.6 is 0 Å². The van der Waals surface area contributed by atoms with Gasteiger partial charge in [0.25, 0.3) is 0 Å². The Hall–Kier alpha value is 0.423. The zero-order valence-corrected chi connectivity index (χ0v) is 20.1. The summed E-state index contributed by atoms with van der Waals surface area (Å²) < 4.78 is 0. The molecule has 0 saturated heterocycles. The molecule has 10 nitrogen and oxygen atoms in total. The van der Waals surface area contributed by atoms with Crippen LogP contribution in [0, 0.1) is 0 Å². The zero-order chi connectivity index (χ0) is 16.1. The average molecular weight is 406 g/mol. The van der Waals surface area contributed by atoms with E-state index in [0.717, 1.165) is 0 Å². The van der Waals surface area contributed by atoms with E-state index in [1.165, 1.54) is 0 Å². The second-order valence-electron chi connectivity index (χ2n) is 4.59. The molecule has 0 radical (unpaired) electrons. The number of carbonyl (C=O) groups is 4. The summed E-state index contributed by atoms with van der Waals surface area (Å²) in [5.74, 6) is -6.06. The van der Waals surface area contributed by atoms with Crippen molar-refractivity contribution in [3.05, 3.63) is 0 Å². The van der Waals surface area contributed by atoms with E-state index in [0.29, 0.717) is 0 Å². The number of aliphatic carboxylic acids is 4. The third-order valence-electron chi connectivity index (χ3n) is 2.86. The van der Waals surface area contributed by atoms with E-state index in [9.17, 15) is 19.2 Å². The van der Waals surface area contributed by atoms with Gasteiger partial charge < -0.3 is 34.7 Å². The largest absolute Gasteiger partial charge is 1.00 e. The molecule has 0 amide bonds. The van der Waals surface area contributed by atoms with Gasteiger partial charge in [0.15, 0.2) is 0 Å². The molecule has 0 aromatic heterocycles. The molecule has 0 bridgehead atoms. The number of hydrogen-bond donors (Lipinski definition) is 6. The van der Waals surface area contributed by atoms with Crippen molar-refractivity contribution < 1.29 is 121 Å². The van der Waals surface area contributed by atoms with Crippen molar-refractivity contribution in [1.82, 2.24) is 0 Å². The van der Waals surface area contributed by atoms with Gasteiger partial charge in [-0.2, -0.15) is 0 Å². The van der Waals surface area contributed by atoms with Crippen LogP contribution in [-0.2, 0) is 38.7 Å². The Morgan fingerprint density at radius 3 is 0.870 bits per heavy atom. The monoisotopic (exact) mass is 404 g/mol. The van der Waals surface area contributed by atoms with Gasteiger partial charge >= 0.3 is 83.0 Å². The van der Waals surface area contributed by atoms with E-state index in [2.05, 4.69) is 0 Å². The van der Waals surface area contributed by atoms with Crippen LogP contribution in [0.25, 0.3) is 0 Å². The van der Waals surface area contributed by atoms with Gasteiger partial charge in [-0.3, -0.25) is 19.2 Å². The summed E-state index contributed by atoms with van der Waals surface area (Å²) in [4.78, 5) is 43.2. The van der Waals surface area contributed by atoms with Gasteiger partial charge in [-0.1, -0.05) is 0 Å². The molecular weight excluding hydrogens is 387 g/mol. The fourth-order valence-electron chi connectivity index (χ4n) is 1.91. The predicted molar refractivity (Wildman–Crippen MR) is 65.1 cm³/mol. The zero-order valence-electron chi connectivity index (χ0n) is 15.1. The first-order chi connectivity index (χ1) is 8.92. The Balaban J connectivity index is -0.000000180. The molecule has 13 heteroatoms. The Morgan fingerprint density at radius 2 is 0.783 bits per heavy atom. The van der Waals surface area contributed by atoms with E-state index >= 15 is 0 Å². The molecule has 0 aliphatic heterocycles. The van der Waals surface area contributed by atoms with Crippen molar-refractivity contribution in [3.63, 3.8) is 0 Å². The van der Waals surface area contributed by atoms with Gasteiger partial charge in [0.05, 0.1) is 36.8 Å². The summed E-state index contributed by atoms with van der Waals surface area (Å²) in [6.45, 7) is 0. The molecule has 0 aromatic carbocycles. The number of nitrogens with two attached hydrogens (primary N) is 2. The van der Waals surface area contributed by atoms with Gasteiger partial charge in [-0.05, 0) is 0 Å². The maximum atomic E-state index is 10.8. The quantitative estimate of drug-likeness (QED) is 0.200. The van der Waals surface area contributed by atoms with E-state index in [1.807, 2.05) is 0 Å². The summed E-state index contributed by atoms with van der Waals surface area (Å²) in [6, 6.07) is 0. The number of carboxylic acid groups (broad SMARTS) is 4. The summed E-state index contributed by atoms with van der Waals surface area (Å²) in [7, 11) is 0. The Kier molecular flexibility index (Phi) is 17.3. The summed E-state index contributed by atoms with van der Waals surface area (Å²) >= 11 is 0. The van der Waals surface area contributed by atoms with Crippen molar-refractivity contribution in [2.24, 2.45) is 11.5 Å². The molecule has 0 aliphatic rings. The van der Waals surface area contributed by atoms with Crippen molar-refractivity contribution in [1.29, 1.82) is 0 Å². The van der Waals surface area contributed by atoms with Gasteiger partial charge in [0, 0.05) is 19.5 Å². The molecule has 0 atom stereocenters. The van der Waals surface area contributed by atoms with Crippen LogP contribution in [0.2, 0.25) is 0 Å². The van der Waals surface area contributed by atoms with E-state index < -0.39 is 60.6 Å². The van der Waals surface area contributed by atoms with Crippen LogP contribution in [-0.4, -0.2) is 55.4 Å². The number of carboxylic acids is 4. The molecule has 8 N–H and O–H groups in total. The number of rotatable bonds is 9. The van der Waals surface area contributed by atoms with E-state index in [-0.39, 0.29) is 81.4 Å². The predicted octanol–water partition coefficient (Wildman–Crippen LogP) is -7.49. The van der Waals surface area contributed by atoms with E-state index in [4.69, 9.17) is 31.9 Å². The maximum absolute atomic E-state index is 10.8. The topological polar surface area (TPSA) is 201 Å². The summed E-state index contributed by atoms with van der Waals surface area (Å²) in [6.07, 6.45) is -3.90. The first-order valence-corrected chi connectivity index (χ1v) is 5.37. The van der Waals surface area contributed by atoms with E-state index in [1.54, 1.807) is 0 Å². The molecule has 0 saturated carbocycles. The van der Waals surface area contributed by atoms with Crippen molar-refractivity contribution >= 4 is 23.9 Å². The van der Waals surface area contributed by atoms with Crippen LogP contribution < -0.4 is 70.6 Å². The minimum Gasteiger partial charge on any atom is -1.00 e. The smallest absolute Gasteiger partial charge is 1.00 e. The Morgan fingerprint density at radius 1 is 0.652 bits per heavy atom. The van der Waals surface area contributed by atoms with Crippen LogP contribution in [0.1, 0.15) is 28.5 Å². The van der Waals surface area contributed by atoms with Gasteiger partial charge in [0.2, 0.25) is 0 Å². The van der Waals surface area contributed by atoms with Gasteiger partial charge in [-0.15, -0.1) is 0 Å². The van der Waals surface area contributed by atoms with Crippen LogP contribution in [0.4, 0.5) is 0 Å². The van der Waals surface area contributed by atoms with Crippen LogP contribution in [0.3, 0.4) is 0 Å². The molecule has 0 unspecified atom stereocenters. The minimum absolute atomic E-state index is 0. The standard InChI is InChI=1S/C10H16N2O8.2Na.Zn.2H/c11-9(1-5(13)14,2-6(15)16)10(12,3-7(17)18)4-8(19)20;;;;;/h1-4,11-12H2,(H,13,14)(H,15,16)(H,17,18)(H,19,20);;;;;/q;2*+1;;2*-1. The second-order valence-corrected chi connectivity index (χ2v) is 4.59. The SMILES string of the molecule is NC(CC(=O)O)(CC(=O)O)C(N)(CC(=O)O)CC(=O)O.[H-].[H-].[Na+].[Na+].[Zn]. The molecule has 0 spiro atoms. The first kappa shape index (κ1) is 31.2. The van der Waals surface area contributed by atoms with Crippen molar-refractivity contribution in [3.8, 4) is 0 Å². The molecule has 120 valence electrons. The molecule has 0 aliphatic carbocycles. The number of hydrogen-bond acceptors (Lipinski definition) is 6. The summed E-state index contributed by atoms with van der Waals surface area (Å²) in [5, 5.41) is 35.1. The van der Waals surface area contributed by atoms with Crippen LogP contribution in [0.15, 0.2) is 0 Å². The molecule has 0 fully saturated rings. The fourth-order valence-corrected chi connectivity index (χ4v) is 1.91. The normalized spacial score (nSPS) is 10.3. The van der Waals surface area contributed by atoms with Crippen molar-refractivity contribution in [2.45, 2.75) is 36.8 Å². The molecule has 23 heavy (non-hydrogen) atoms. The fraction of sp³-hybridized carbons (Fsp3) is 0.600. The third kappa shape index (κ3) is 10.8. The molecule has 0 rings (SSSR count). The Labute approximate surface area is 191 Å². The summed E-state index contributed by atoms with van der Waals surface area (Å²) in [5.41, 5.74) is 6.88. The minimum atomic E-state index is -2.22. The molecular formula is C10H18N2Na2O8Zn. The third-order valence-corrected chi connectivity index (χ3v) is 2.86. The first-order valence-electron chi connectivity index (χ1n) is 5.37. The molecule has 0 heterocycles. The van der Waals surface area contributed by atoms with Crippen LogP contribution in [0.5, 0.6) is 0 Å². The second kappa shape index (κ2) is 12.7. The maximum Gasteiger partial charge on any atom is 1.00 e.